The molecule has 0 fully saturated rings. The van der Waals surface area contributed by atoms with Gasteiger partial charge in [0, 0.05) is 16.5 Å². The summed E-state index contributed by atoms with van der Waals surface area (Å²) in [6.45, 7) is 0.496. The van der Waals surface area contributed by atoms with Crippen molar-refractivity contribution in [2.24, 2.45) is 0 Å². The lowest BCUT2D eigenvalue weighted by atomic mass is 10.0. The Morgan fingerprint density at radius 3 is 2.95 bits per heavy atom. The van der Waals surface area contributed by atoms with E-state index in [1.807, 2.05) is 6.07 Å². The standard InChI is InChI=1S/C13H10Cl2N2O2/c14-8-2-1-7(9(15)4-8)3-10-13-11(17-16-10)5-19-6-12(13)18/h1-2,4H,3,5-6H2,(H,16,17). The number of nitrogens with zero attached hydrogens (tertiary/aromatic N) is 1. The summed E-state index contributed by atoms with van der Waals surface area (Å²) in [6.07, 6.45) is 0.494. The molecule has 0 saturated heterocycles. The lowest BCUT2D eigenvalue weighted by Gasteiger charge is -2.11. The van der Waals surface area contributed by atoms with Gasteiger partial charge in [-0.3, -0.25) is 9.89 Å². The molecule has 98 valence electrons. The minimum atomic E-state index is -0.0462. The second-order valence-electron chi connectivity index (χ2n) is 4.35. The third-order valence-corrected chi connectivity index (χ3v) is 3.63. The Kier molecular flexibility index (Phi) is 3.31. The first-order valence-electron chi connectivity index (χ1n) is 5.76. The second kappa shape index (κ2) is 4.96. The Morgan fingerprint density at radius 1 is 1.32 bits per heavy atom. The summed E-state index contributed by atoms with van der Waals surface area (Å²) in [7, 11) is 0. The number of aromatic amines is 1. The Morgan fingerprint density at radius 2 is 2.16 bits per heavy atom. The smallest absolute Gasteiger partial charge is 0.192 e. The van der Waals surface area contributed by atoms with Gasteiger partial charge in [-0.15, -0.1) is 0 Å². The SMILES string of the molecule is O=C1COCc2[nH]nc(Cc3ccc(Cl)cc3Cl)c21. The molecule has 0 bridgehead atoms. The number of Topliss-reactive ketones (excluding diaryl/α,β-unsaturated/α-hetero) is 1. The van der Waals surface area contributed by atoms with Gasteiger partial charge in [-0.05, 0) is 17.7 Å². The number of ketones is 1. The van der Waals surface area contributed by atoms with Crippen LogP contribution in [0.3, 0.4) is 0 Å². The molecule has 4 nitrogen and oxygen atoms in total. The van der Waals surface area contributed by atoms with Crippen LogP contribution in [0.25, 0.3) is 0 Å². The van der Waals surface area contributed by atoms with Crippen LogP contribution in [0.5, 0.6) is 0 Å². The lowest BCUT2D eigenvalue weighted by Crippen LogP contribution is -2.18. The number of aromatic nitrogens is 2. The van der Waals surface area contributed by atoms with Gasteiger partial charge >= 0.3 is 0 Å². The number of carbonyl (C=O) groups excluding carboxylic acids is 1. The Bertz CT molecular complexity index is 652. The molecular weight excluding hydrogens is 287 g/mol. The highest BCUT2D eigenvalue weighted by atomic mass is 35.5. The van der Waals surface area contributed by atoms with E-state index in [2.05, 4.69) is 10.2 Å². The molecule has 0 spiro atoms. The molecule has 1 N–H and O–H groups in total. The zero-order chi connectivity index (χ0) is 13.4. The highest BCUT2D eigenvalue weighted by molar-refractivity contribution is 6.35. The minimum absolute atomic E-state index is 0.0462. The molecule has 6 heteroatoms. The monoisotopic (exact) mass is 296 g/mol. The van der Waals surface area contributed by atoms with Crippen LogP contribution >= 0.6 is 23.2 Å². The highest BCUT2D eigenvalue weighted by Crippen LogP contribution is 2.26. The van der Waals surface area contributed by atoms with Crippen molar-refractivity contribution in [3.8, 4) is 0 Å². The molecule has 0 saturated carbocycles. The summed E-state index contributed by atoms with van der Waals surface area (Å²) in [5, 5.41) is 8.19. The van der Waals surface area contributed by atoms with Crippen LogP contribution in [0.2, 0.25) is 10.0 Å². The summed E-state index contributed by atoms with van der Waals surface area (Å²) >= 11 is 12.0. The fraction of sp³-hybridized carbons (Fsp3) is 0.231. The minimum Gasteiger partial charge on any atom is -0.367 e. The molecule has 0 amide bonds. The molecule has 0 unspecified atom stereocenters. The van der Waals surface area contributed by atoms with E-state index in [1.165, 1.54) is 0 Å². The third-order valence-electron chi connectivity index (χ3n) is 3.05. The van der Waals surface area contributed by atoms with Gasteiger partial charge in [0.2, 0.25) is 0 Å². The predicted octanol–water partition coefficient (Wildman–Crippen LogP) is 3.02. The van der Waals surface area contributed by atoms with Crippen LogP contribution in [-0.4, -0.2) is 22.6 Å². The van der Waals surface area contributed by atoms with Crippen molar-refractivity contribution >= 4 is 29.0 Å². The molecule has 1 aliphatic heterocycles. The van der Waals surface area contributed by atoms with E-state index in [-0.39, 0.29) is 12.4 Å². The number of hydrogen-bond acceptors (Lipinski definition) is 3. The van der Waals surface area contributed by atoms with Crippen molar-refractivity contribution in [2.75, 3.05) is 6.61 Å². The first-order valence-corrected chi connectivity index (χ1v) is 6.51. The quantitative estimate of drug-likeness (QED) is 0.927. The van der Waals surface area contributed by atoms with Gasteiger partial charge in [0.1, 0.15) is 6.61 Å². The van der Waals surface area contributed by atoms with Crippen molar-refractivity contribution in [2.45, 2.75) is 13.0 Å². The number of rotatable bonds is 2. The molecule has 3 rings (SSSR count). The molecule has 1 aromatic heterocycles. The molecule has 1 aliphatic rings. The first kappa shape index (κ1) is 12.7. The van der Waals surface area contributed by atoms with Crippen LogP contribution in [0, 0.1) is 0 Å². The van der Waals surface area contributed by atoms with Crippen molar-refractivity contribution in [3.63, 3.8) is 0 Å². The zero-order valence-corrected chi connectivity index (χ0v) is 11.4. The Labute approximate surface area is 119 Å². The number of fused-ring (bicyclic) bond motifs is 1. The van der Waals surface area contributed by atoms with Gasteiger partial charge in [-0.2, -0.15) is 5.10 Å². The van der Waals surface area contributed by atoms with Gasteiger partial charge in [-0.1, -0.05) is 29.3 Å². The van der Waals surface area contributed by atoms with E-state index in [1.54, 1.807) is 12.1 Å². The van der Waals surface area contributed by atoms with Crippen LogP contribution in [0.15, 0.2) is 18.2 Å². The predicted molar refractivity (Wildman–Crippen MR) is 71.8 cm³/mol. The molecule has 2 aromatic rings. The van der Waals surface area contributed by atoms with Crippen molar-refractivity contribution in [3.05, 3.63) is 50.8 Å². The number of nitrogens with one attached hydrogen (secondary N) is 1. The number of H-pyrrole nitrogens is 1. The normalized spacial score (nSPS) is 14.5. The van der Waals surface area contributed by atoms with Crippen LogP contribution in [0.1, 0.15) is 27.3 Å². The summed E-state index contributed by atoms with van der Waals surface area (Å²) in [4.78, 5) is 11.9. The molecule has 0 aliphatic carbocycles. The fourth-order valence-corrected chi connectivity index (χ4v) is 2.62. The molecule has 2 heterocycles. The Hall–Kier alpha value is -1.36. The average Bonchev–Trinajstić information content (AvgIpc) is 2.77. The summed E-state index contributed by atoms with van der Waals surface area (Å²) in [6, 6.07) is 5.30. The van der Waals surface area contributed by atoms with Gasteiger partial charge in [-0.25, -0.2) is 0 Å². The number of hydrogen-bond donors (Lipinski definition) is 1. The molecule has 1 aromatic carbocycles. The van der Waals surface area contributed by atoms with Crippen LogP contribution in [-0.2, 0) is 17.8 Å². The molecule has 0 atom stereocenters. The number of halogens is 2. The maximum absolute atomic E-state index is 11.9. The van der Waals surface area contributed by atoms with Gasteiger partial charge in [0.05, 0.1) is 23.6 Å². The van der Waals surface area contributed by atoms with Gasteiger partial charge in [0.15, 0.2) is 5.78 Å². The van der Waals surface area contributed by atoms with E-state index < -0.39 is 0 Å². The molecule has 0 radical (unpaired) electrons. The maximum atomic E-state index is 11.9. The van der Waals surface area contributed by atoms with Crippen molar-refractivity contribution in [1.29, 1.82) is 0 Å². The summed E-state index contributed by atoms with van der Waals surface area (Å²) < 4.78 is 5.15. The Balaban J connectivity index is 1.96. The third kappa shape index (κ3) is 2.39. The molecular formula is C13H10Cl2N2O2. The van der Waals surface area contributed by atoms with E-state index >= 15 is 0 Å². The van der Waals surface area contributed by atoms with E-state index in [0.29, 0.717) is 34.3 Å². The van der Waals surface area contributed by atoms with Gasteiger partial charge < -0.3 is 4.74 Å². The molecule has 19 heavy (non-hydrogen) atoms. The van der Waals surface area contributed by atoms with E-state index in [4.69, 9.17) is 27.9 Å². The first-order chi connectivity index (χ1) is 9.15. The number of carbonyl (C=O) groups is 1. The zero-order valence-electron chi connectivity index (χ0n) is 9.87. The van der Waals surface area contributed by atoms with Crippen LogP contribution < -0.4 is 0 Å². The number of ether oxygens (including phenoxy) is 1. The van der Waals surface area contributed by atoms with Crippen LogP contribution in [0.4, 0.5) is 0 Å². The second-order valence-corrected chi connectivity index (χ2v) is 5.20. The lowest BCUT2D eigenvalue weighted by molar-refractivity contribution is 0.0657. The van der Waals surface area contributed by atoms with Gasteiger partial charge in [0.25, 0.3) is 0 Å². The summed E-state index contributed by atoms with van der Waals surface area (Å²) in [5.74, 6) is -0.0462. The number of benzene rings is 1. The van der Waals surface area contributed by atoms with E-state index in [9.17, 15) is 4.79 Å². The van der Waals surface area contributed by atoms with Crippen molar-refractivity contribution < 1.29 is 9.53 Å². The fourth-order valence-electron chi connectivity index (χ4n) is 2.15. The largest absolute Gasteiger partial charge is 0.367 e. The highest BCUT2D eigenvalue weighted by Gasteiger charge is 2.24. The average molecular weight is 297 g/mol. The topological polar surface area (TPSA) is 55.0 Å². The maximum Gasteiger partial charge on any atom is 0.192 e. The van der Waals surface area contributed by atoms with E-state index in [0.717, 1.165) is 11.3 Å². The summed E-state index contributed by atoms with van der Waals surface area (Å²) in [5.41, 5.74) is 2.96. The van der Waals surface area contributed by atoms with Crippen molar-refractivity contribution in [1.82, 2.24) is 10.2 Å².